The predicted molar refractivity (Wildman–Crippen MR) is 86.5 cm³/mol. The lowest BCUT2D eigenvalue weighted by atomic mass is 10.0. The number of aromatic nitrogens is 2. The third-order valence-corrected chi connectivity index (χ3v) is 5.02. The molecule has 1 fully saturated rings. The van der Waals surface area contributed by atoms with E-state index >= 15 is 0 Å². The van der Waals surface area contributed by atoms with Gasteiger partial charge in [-0.3, -0.25) is 4.79 Å². The molecule has 1 saturated carbocycles. The van der Waals surface area contributed by atoms with Crippen LogP contribution in [0.4, 0.5) is 13.6 Å². The molecule has 6 nitrogen and oxygen atoms in total. The van der Waals surface area contributed by atoms with Crippen molar-refractivity contribution in [1.29, 1.82) is 0 Å². The van der Waals surface area contributed by atoms with Gasteiger partial charge in [-0.2, -0.15) is 5.10 Å². The Balaban J connectivity index is 1.68. The van der Waals surface area contributed by atoms with Gasteiger partial charge in [0.15, 0.2) is 0 Å². The molecule has 3 rings (SSSR count). The third kappa shape index (κ3) is 3.82. The number of alkyl halides is 2. The van der Waals surface area contributed by atoms with Crippen LogP contribution in [0, 0.1) is 5.92 Å². The zero-order valence-corrected chi connectivity index (χ0v) is 14.3. The quantitative estimate of drug-likeness (QED) is 0.833. The van der Waals surface area contributed by atoms with Crippen molar-refractivity contribution in [3.8, 4) is 0 Å². The number of amides is 1. The summed E-state index contributed by atoms with van der Waals surface area (Å²) in [6.45, 7) is 3.00. The highest BCUT2D eigenvalue weighted by atomic mass is 19.3. The fraction of sp³-hybridized carbons (Fsp3) is 0.706. The molecule has 1 aromatic heterocycles. The molecule has 0 radical (unpaired) electrons. The van der Waals surface area contributed by atoms with Crippen LogP contribution in [0.5, 0.6) is 0 Å². The van der Waals surface area contributed by atoms with Gasteiger partial charge in [0.25, 0.3) is 11.5 Å². The average Bonchev–Trinajstić information content (AvgIpc) is 2.91. The van der Waals surface area contributed by atoms with Gasteiger partial charge in [-0.25, -0.2) is 18.3 Å². The SMILES string of the molecule is CCOC(=O)N1CCc2nn(CCC3CCCC3(F)F)c(=O)cc2C1. The van der Waals surface area contributed by atoms with Crippen LogP contribution in [0.25, 0.3) is 0 Å². The van der Waals surface area contributed by atoms with Crippen molar-refractivity contribution in [2.75, 3.05) is 13.2 Å². The van der Waals surface area contributed by atoms with Crippen molar-refractivity contribution in [3.05, 3.63) is 27.7 Å². The molecule has 0 saturated heterocycles. The second-order valence-electron chi connectivity index (χ2n) is 6.69. The predicted octanol–water partition coefficient (Wildman–Crippen LogP) is 2.58. The largest absolute Gasteiger partial charge is 0.450 e. The summed E-state index contributed by atoms with van der Waals surface area (Å²) in [4.78, 5) is 25.6. The van der Waals surface area contributed by atoms with Gasteiger partial charge in [0.2, 0.25) is 0 Å². The first-order chi connectivity index (χ1) is 11.9. The smallest absolute Gasteiger partial charge is 0.410 e. The number of aryl methyl sites for hydroxylation is 1. The molecule has 1 aliphatic heterocycles. The van der Waals surface area contributed by atoms with E-state index in [-0.39, 0.29) is 31.5 Å². The molecular formula is C17H23F2N3O3. The Kier molecular flexibility index (Phi) is 5.06. The molecule has 138 valence electrons. The van der Waals surface area contributed by atoms with Crippen molar-refractivity contribution >= 4 is 6.09 Å². The molecule has 8 heteroatoms. The van der Waals surface area contributed by atoms with Crippen molar-refractivity contribution in [2.45, 2.75) is 58.0 Å². The van der Waals surface area contributed by atoms with E-state index in [1.807, 2.05) is 0 Å². The summed E-state index contributed by atoms with van der Waals surface area (Å²) >= 11 is 0. The van der Waals surface area contributed by atoms with Gasteiger partial charge in [-0.1, -0.05) is 0 Å². The maximum atomic E-state index is 13.7. The number of carbonyl (C=O) groups is 1. The maximum absolute atomic E-state index is 13.7. The number of fused-ring (bicyclic) bond motifs is 1. The van der Waals surface area contributed by atoms with Crippen LogP contribution in [0.2, 0.25) is 0 Å². The lowest BCUT2D eigenvalue weighted by molar-refractivity contribution is -0.0409. The lowest BCUT2D eigenvalue weighted by Crippen LogP contribution is -2.39. The van der Waals surface area contributed by atoms with E-state index in [1.165, 1.54) is 15.6 Å². The molecule has 1 atom stereocenters. The van der Waals surface area contributed by atoms with Crippen LogP contribution in [0.15, 0.2) is 10.9 Å². The van der Waals surface area contributed by atoms with Crippen LogP contribution < -0.4 is 5.56 Å². The second-order valence-corrected chi connectivity index (χ2v) is 6.69. The fourth-order valence-corrected chi connectivity index (χ4v) is 3.60. The second kappa shape index (κ2) is 7.09. The highest BCUT2D eigenvalue weighted by Crippen LogP contribution is 2.42. The molecule has 0 spiro atoms. The summed E-state index contributed by atoms with van der Waals surface area (Å²) in [7, 11) is 0. The molecule has 25 heavy (non-hydrogen) atoms. The minimum absolute atomic E-state index is 0.0616. The number of carbonyl (C=O) groups excluding carboxylic acids is 1. The first-order valence-corrected chi connectivity index (χ1v) is 8.80. The normalized spacial score (nSPS) is 21.9. The average molecular weight is 355 g/mol. The van der Waals surface area contributed by atoms with Gasteiger partial charge in [0.05, 0.1) is 18.8 Å². The topological polar surface area (TPSA) is 64.4 Å². The van der Waals surface area contributed by atoms with E-state index in [2.05, 4.69) is 5.10 Å². The van der Waals surface area contributed by atoms with E-state index in [0.29, 0.717) is 38.0 Å². The number of hydrogen-bond donors (Lipinski definition) is 0. The third-order valence-electron chi connectivity index (χ3n) is 5.02. The molecule has 0 aromatic carbocycles. The molecule has 1 aromatic rings. The Morgan fingerprint density at radius 3 is 2.96 bits per heavy atom. The molecule has 0 bridgehead atoms. The Morgan fingerprint density at radius 2 is 2.28 bits per heavy atom. The fourth-order valence-electron chi connectivity index (χ4n) is 3.60. The van der Waals surface area contributed by atoms with Crippen molar-refractivity contribution in [3.63, 3.8) is 0 Å². The van der Waals surface area contributed by atoms with Gasteiger partial charge >= 0.3 is 6.09 Å². The van der Waals surface area contributed by atoms with E-state index in [1.54, 1.807) is 6.92 Å². The van der Waals surface area contributed by atoms with Gasteiger partial charge in [0, 0.05) is 43.5 Å². The molecule has 1 unspecified atom stereocenters. The highest BCUT2D eigenvalue weighted by Gasteiger charge is 2.43. The van der Waals surface area contributed by atoms with Crippen LogP contribution in [-0.4, -0.2) is 39.8 Å². The minimum atomic E-state index is -2.63. The molecular weight excluding hydrogens is 332 g/mol. The summed E-state index contributed by atoms with van der Waals surface area (Å²) in [5.41, 5.74) is 1.14. The summed E-state index contributed by atoms with van der Waals surface area (Å²) in [5.74, 6) is -3.30. The molecule has 2 aliphatic rings. The number of ether oxygens (including phenoxy) is 1. The van der Waals surface area contributed by atoms with Gasteiger partial charge in [-0.15, -0.1) is 0 Å². The monoisotopic (exact) mass is 355 g/mol. The Labute approximate surface area is 144 Å². The number of nitrogens with zero attached hydrogens (tertiary/aromatic N) is 3. The van der Waals surface area contributed by atoms with Crippen LogP contribution >= 0.6 is 0 Å². The molecule has 0 N–H and O–H groups in total. The van der Waals surface area contributed by atoms with Gasteiger partial charge in [0.1, 0.15) is 0 Å². The zero-order valence-electron chi connectivity index (χ0n) is 14.3. The standard InChI is InChI=1S/C17H23F2N3O3/c1-2-25-16(24)21-8-6-14-12(11-21)10-15(23)22(20-14)9-5-13-4-3-7-17(13,18)19/h10,13H,2-9,11H2,1H3. The Morgan fingerprint density at radius 1 is 1.48 bits per heavy atom. The van der Waals surface area contributed by atoms with E-state index in [9.17, 15) is 18.4 Å². The molecule has 1 amide bonds. The first-order valence-electron chi connectivity index (χ1n) is 8.80. The Hall–Kier alpha value is -1.99. The lowest BCUT2D eigenvalue weighted by Gasteiger charge is -2.27. The van der Waals surface area contributed by atoms with Crippen molar-refractivity contribution in [2.24, 2.45) is 5.92 Å². The first kappa shape index (κ1) is 17.8. The highest BCUT2D eigenvalue weighted by molar-refractivity contribution is 5.68. The van der Waals surface area contributed by atoms with Gasteiger partial charge < -0.3 is 9.64 Å². The zero-order chi connectivity index (χ0) is 18.0. The van der Waals surface area contributed by atoms with Crippen LogP contribution in [-0.2, 0) is 24.2 Å². The number of halogens is 2. The van der Waals surface area contributed by atoms with Crippen molar-refractivity contribution < 1.29 is 18.3 Å². The number of hydrogen-bond acceptors (Lipinski definition) is 4. The Bertz CT molecular complexity index is 705. The van der Waals surface area contributed by atoms with E-state index in [0.717, 1.165) is 5.69 Å². The summed E-state index contributed by atoms with van der Waals surface area (Å²) in [6.07, 6.45) is 1.35. The van der Waals surface area contributed by atoms with E-state index < -0.39 is 17.9 Å². The summed E-state index contributed by atoms with van der Waals surface area (Å²) < 4.78 is 33.7. The number of rotatable bonds is 4. The summed E-state index contributed by atoms with van der Waals surface area (Å²) in [5, 5.41) is 4.34. The van der Waals surface area contributed by atoms with Crippen molar-refractivity contribution in [1.82, 2.24) is 14.7 Å². The maximum Gasteiger partial charge on any atom is 0.410 e. The van der Waals surface area contributed by atoms with E-state index in [4.69, 9.17) is 4.74 Å². The molecule has 2 heterocycles. The van der Waals surface area contributed by atoms with Crippen LogP contribution in [0.1, 0.15) is 43.9 Å². The molecule has 1 aliphatic carbocycles. The summed E-state index contributed by atoms with van der Waals surface area (Å²) in [6, 6.07) is 1.46. The van der Waals surface area contributed by atoms with Crippen LogP contribution in [0.3, 0.4) is 0 Å². The minimum Gasteiger partial charge on any atom is -0.450 e. The van der Waals surface area contributed by atoms with Gasteiger partial charge in [-0.05, 0) is 26.2 Å².